The number of nitrogens with two attached hydrogens (primary N) is 1. The van der Waals surface area contributed by atoms with Crippen molar-refractivity contribution >= 4 is 23.4 Å². The third kappa shape index (κ3) is 6.56. The summed E-state index contributed by atoms with van der Waals surface area (Å²) in [5.74, 6) is 1.11. The summed E-state index contributed by atoms with van der Waals surface area (Å²) in [6.45, 7) is 3.47. The van der Waals surface area contributed by atoms with Gasteiger partial charge in [0, 0.05) is 30.5 Å². The topological polar surface area (TPSA) is 129 Å². The Balaban J connectivity index is 2.04. The number of benzene rings is 1. The van der Waals surface area contributed by atoms with Crippen LogP contribution < -0.4 is 21.7 Å². The number of nitrogens with zero attached hydrogens (tertiary/aromatic N) is 3. The largest absolute Gasteiger partial charge is 0.370 e. The first-order valence-electron chi connectivity index (χ1n) is 9.00. The van der Waals surface area contributed by atoms with E-state index in [2.05, 4.69) is 38.9 Å². The molecule has 0 unspecified atom stereocenters. The van der Waals surface area contributed by atoms with Crippen LogP contribution in [0.5, 0.6) is 0 Å². The smallest absolute Gasteiger partial charge is 0.233 e. The predicted molar refractivity (Wildman–Crippen MR) is 106 cm³/mol. The summed E-state index contributed by atoms with van der Waals surface area (Å²) in [5, 5.41) is 18.1. The van der Waals surface area contributed by atoms with Gasteiger partial charge < -0.3 is 21.7 Å². The van der Waals surface area contributed by atoms with Crippen molar-refractivity contribution in [2.24, 2.45) is 5.73 Å². The molecular weight excluding hydrogens is 342 g/mol. The van der Waals surface area contributed by atoms with Crippen molar-refractivity contribution in [2.45, 2.75) is 26.2 Å². The maximum Gasteiger partial charge on any atom is 0.233 e. The zero-order valence-electron chi connectivity index (χ0n) is 15.5. The van der Waals surface area contributed by atoms with Crippen LogP contribution in [0.4, 0.5) is 17.5 Å². The number of nitrogens with one attached hydrogen (secondary N) is 3. The van der Waals surface area contributed by atoms with Crippen LogP contribution in [0.2, 0.25) is 0 Å². The number of nitriles is 1. The normalized spacial score (nSPS) is 10.1. The molecule has 1 amide bonds. The van der Waals surface area contributed by atoms with E-state index in [1.165, 1.54) is 0 Å². The Morgan fingerprint density at radius 2 is 2.04 bits per heavy atom. The molecular formula is C19H25N7O. The number of carbonyl (C=O) groups excluding carboxylic acids is 1. The summed E-state index contributed by atoms with van der Waals surface area (Å²) in [5.41, 5.74) is 7.69. The maximum atomic E-state index is 11.2. The van der Waals surface area contributed by atoms with E-state index < -0.39 is 0 Å². The van der Waals surface area contributed by atoms with Gasteiger partial charge in [-0.3, -0.25) is 4.79 Å². The number of carbonyl (C=O) groups is 1. The highest BCUT2D eigenvalue weighted by molar-refractivity contribution is 5.77. The van der Waals surface area contributed by atoms with Crippen LogP contribution in [0.3, 0.4) is 0 Å². The minimum Gasteiger partial charge on any atom is -0.370 e. The van der Waals surface area contributed by atoms with Crippen LogP contribution in [-0.4, -0.2) is 35.5 Å². The summed E-state index contributed by atoms with van der Waals surface area (Å²) in [7, 11) is 0. The van der Waals surface area contributed by atoms with Crippen LogP contribution >= 0.6 is 0 Å². The molecule has 1 heterocycles. The van der Waals surface area contributed by atoms with Gasteiger partial charge >= 0.3 is 0 Å². The Morgan fingerprint density at radius 3 is 2.70 bits per heavy atom. The lowest BCUT2D eigenvalue weighted by atomic mass is 10.1. The molecule has 0 aliphatic carbocycles. The molecule has 2 aromatic rings. The molecule has 8 nitrogen and oxygen atoms in total. The number of aromatic nitrogens is 2. The molecule has 5 N–H and O–H groups in total. The highest BCUT2D eigenvalue weighted by Gasteiger charge is 2.08. The zero-order chi connectivity index (χ0) is 19.5. The first kappa shape index (κ1) is 20.1. The second kappa shape index (κ2) is 10.7. The average molecular weight is 367 g/mol. The van der Waals surface area contributed by atoms with Gasteiger partial charge in [-0.1, -0.05) is 6.92 Å². The molecule has 0 spiro atoms. The zero-order valence-corrected chi connectivity index (χ0v) is 15.5. The summed E-state index contributed by atoms with van der Waals surface area (Å²) < 4.78 is 0. The summed E-state index contributed by atoms with van der Waals surface area (Å²) in [4.78, 5) is 20.1. The Bertz CT molecular complexity index is 784. The van der Waals surface area contributed by atoms with Crippen LogP contribution in [0.1, 0.15) is 30.9 Å². The second-order valence-corrected chi connectivity index (χ2v) is 5.97. The van der Waals surface area contributed by atoms with Crippen LogP contribution in [-0.2, 0) is 11.2 Å². The van der Waals surface area contributed by atoms with Gasteiger partial charge in [0.25, 0.3) is 0 Å². The van der Waals surface area contributed by atoms with Crippen molar-refractivity contribution in [1.29, 1.82) is 5.26 Å². The number of aryl methyl sites for hydroxylation is 1. The molecule has 142 valence electrons. The monoisotopic (exact) mass is 367 g/mol. The van der Waals surface area contributed by atoms with Crippen molar-refractivity contribution in [3.05, 3.63) is 41.6 Å². The molecule has 0 bridgehead atoms. The third-order valence-corrected chi connectivity index (χ3v) is 3.81. The van der Waals surface area contributed by atoms with Crippen LogP contribution in [0, 0.1) is 11.3 Å². The molecule has 0 saturated heterocycles. The van der Waals surface area contributed by atoms with E-state index in [0.29, 0.717) is 18.1 Å². The number of hydrogen-bond donors (Lipinski definition) is 4. The van der Waals surface area contributed by atoms with Crippen molar-refractivity contribution < 1.29 is 4.79 Å². The van der Waals surface area contributed by atoms with Gasteiger partial charge in [-0.15, -0.1) is 0 Å². The van der Waals surface area contributed by atoms with E-state index in [1.54, 1.807) is 18.3 Å². The highest BCUT2D eigenvalue weighted by Crippen LogP contribution is 2.19. The highest BCUT2D eigenvalue weighted by atomic mass is 16.1. The van der Waals surface area contributed by atoms with Crippen LogP contribution in [0.25, 0.3) is 0 Å². The van der Waals surface area contributed by atoms with E-state index in [4.69, 9.17) is 11.0 Å². The molecule has 0 aliphatic heterocycles. The minimum atomic E-state index is -0.155. The van der Waals surface area contributed by atoms with E-state index >= 15 is 0 Å². The van der Waals surface area contributed by atoms with Crippen molar-refractivity contribution in [1.82, 2.24) is 15.3 Å². The molecule has 8 heteroatoms. The Hall–Kier alpha value is -3.18. The second-order valence-electron chi connectivity index (χ2n) is 5.97. The van der Waals surface area contributed by atoms with Gasteiger partial charge in [-0.05, 0) is 43.5 Å². The maximum absolute atomic E-state index is 11.2. The predicted octanol–water partition coefficient (Wildman–Crippen LogP) is 1.92. The summed E-state index contributed by atoms with van der Waals surface area (Å²) >= 11 is 0. The number of hydrogen-bond acceptors (Lipinski definition) is 7. The van der Waals surface area contributed by atoms with Gasteiger partial charge in [-0.25, -0.2) is 4.98 Å². The van der Waals surface area contributed by atoms with Crippen molar-refractivity contribution in [3.63, 3.8) is 0 Å². The lowest BCUT2D eigenvalue weighted by Crippen LogP contribution is -2.31. The standard InChI is InChI=1S/C19H25N7O/c1-2-9-23-18-15(4-3-10-22-17(27)12-21)13-24-19(26-18)25-16-7-5-14(11-20)6-8-16/h5-8,13H,2-4,9-10,12,21H2,1H3,(H,22,27)(H2,23,24,25,26). The van der Waals surface area contributed by atoms with Gasteiger partial charge in [0.05, 0.1) is 18.2 Å². The molecule has 1 aromatic heterocycles. The van der Waals surface area contributed by atoms with Crippen LogP contribution in [0.15, 0.2) is 30.5 Å². The van der Waals surface area contributed by atoms with E-state index in [0.717, 1.165) is 42.9 Å². The van der Waals surface area contributed by atoms with Gasteiger partial charge in [0.2, 0.25) is 11.9 Å². The number of rotatable bonds is 10. The Morgan fingerprint density at radius 1 is 1.26 bits per heavy atom. The lowest BCUT2D eigenvalue weighted by Gasteiger charge is -2.13. The summed E-state index contributed by atoms with van der Waals surface area (Å²) in [6.07, 6.45) is 4.29. The fourth-order valence-electron chi connectivity index (χ4n) is 2.38. The SMILES string of the molecule is CCCNc1nc(Nc2ccc(C#N)cc2)ncc1CCCNC(=O)CN. The first-order chi connectivity index (χ1) is 13.2. The molecule has 0 radical (unpaired) electrons. The van der Waals surface area contributed by atoms with Gasteiger partial charge in [0.1, 0.15) is 5.82 Å². The molecule has 27 heavy (non-hydrogen) atoms. The van der Waals surface area contributed by atoms with E-state index in [-0.39, 0.29) is 12.5 Å². The third-order valence-electron chi connectivity index (χ3n) is 3.81. The molecule has 1 aromatic carbocycles. The fraction of sp³-hybridized carbons (Fsp3) is 0.368. The summed E-state index contributed by atoms with van der Waals surface area (Å²) in [6, 6.07) is 9.20. The van der Waals surface area contributed by atoms with Crippen molar-refractivity contribution in [3.8, 4) is 6.07 Å². The average Bonchev–Trinajstić information content (AvgIpc) is 2.71. The molecule has 0 aliphatic rings. The first-order valence-corrected chi connectivity index (χ1v) is 9.00. The lowest BCUT2D eigenvalue weighted by molar-refractivity contribution is -0.119. The molecule has 0 saturated carbocycles. The molecule has 0 fully saturated rings. The van der Waals surface area contributed by atoms with E-state index in [9.17, 15) is 4.79 Å². The Labute approximate surface area is 159 Å². The van der Waals surface area contributed by atoms with Gasteiger partial charge in [0.15, 0.2) is 0 Å². The molecule has 0 atom stereocenters. The Kier molecular flexibility index (Phi) is 8.00. The minimum absolute atomic E-state index is 0.00211. The number of amides is 1. The fourth-order valence-corrected chi connectivity index (χ4v) is 2.38. The number of anilines is 3. The van der Waals surface area contributed by atoms with Crippen molar-refractivity contribution in [2.75, 3.05) is 30.3 Å². The molecule has 2 rings (SSSR count). The quantitative estimate of drug-likeness (QED) is 0.472. The van der Waals surface area contributed by atoms with Gasteiger partial charge in [-0.2, -0.15) is 10.2 Å². The van der Waals surface area contributed by atoms with E-state index in [1.807, 2.05) is 12.1 Å².